The molecule has 0 radical (unpaired) electrons. The SMILES string of the molecule is Clc1ccc(OCc2ccccc2)c(-c2ccccc2-c2cccc(-c3nnn[nH]3)c2)c1. The van der Waals surface area contributed by atoms with E-state index in [9.17, 15) is 0 Å². The predicted molar refractivity (Wildman–Crippen MR) is 126 cm³/mol. The van der Waals surface area contributed by atoms with E-state index >= 15 is 0 Å². The molecule has 5 rings (SSSR count). The largest absolute Gasteiger partial charge is 0.488 e. The van der Waals surface area contributed by atoms with Gasteiger partial charge in [-0.3, -0.25) is 0 Å². The second-order valence-electron chi connectivity index (χ2n) is 7.29. The Balaban J connectivity index is 1.56. The molecule has 0 amide bonds. The summed E-state index contributed by atoms with van der Waals surface area (Å²) < 4.78 is 6.22. The van der Waals surface area contributed by atoms with Crippen molar-refractivity contribution in [2.75, 3.05) is 0 Å². The van der Waals surface area contributed by atoms with E-state index in [-0.39, 0.29) is 0 Å². The lowest BCUT2D eigenvalue weighted by molar-refractivity contribution is 0.307. The molecule has 0 saturated carbocycles. The Hall–Kier alpha value is -3.96. The van der Waals surface area contributed by atoms with Crippen LogP contribution in [-0.4, -0.2) is 20.6 Å². The van der Waals surface area contributed by atoms with Gasteiger partial charge in [0.15, 0.2) is 5.82 Å². The molecule has 0 aliphatic carbocycles. The number of hydrogen-bond acceptors (Lipinski definition) is 4. The van der Waals surface area contributed by atoms with Crippen molar-refractivity contribution < 1.29 is 4.74 Å². The van der Waals surface area contributed by atoms with Gasteiger partial charge in [0, 0.05) is 16.1 Å². The Kier molecular flexibility index (Phi) is 5.64. The van der Waals surface area contributed by atoms with Crippen molar-refractivity contribution in [3.8, 4) is 39.4 Å². The van der Waals surface area contributed by atoms with Crippen molar-refractivity contribution in [2.45, 2.75) is 6.61 Å². The highest BCUT2D eigenvalue weighted by Gasteiger charge is 2.14. The first-order valence-electron chi connectivity index (χ1n) is 10.2. The minimum Gasteiger partial charge on any atom is -0.488 e. The average Bonchev–Trinajstić information content (AvgIpc) is 3.39. The second-order valence-corrected chi connectivity index (χ2v) is 7.73. The summed E-state index contributed by atoms with van der Waals surface area (Å²) in [7, 11) is 0. The number of hydrogen-bond donors (Lipinski definition) is 1. The number of nitrogens with zero attached hydrogens (tertiary/aromatic N) is 3. The van der Waals surface area contributed by atoms with Crippen LogP contribution in [0.5, 0.6) is 5.75 Å². The van der Waals surface area contributed by atoms with E-state index in [0.717, 1.165) is 39.1 Å². The third kappa shape index (κ3) is 4.24. The molecule has 0 saturated heterocycles. The van der Waals surface area contributed by atoms with Crippen molar-refractivity contribution in [1.82, 2.24) is 20.6 Å². The Morgan fingerprint density at radius 2 is 1.50 bits per heavy atom. The molecule has 0 aliphatic rings. The van der Waals surface area contributed by atoms with Gasteiger partial charge in [-0.2, -0.15) is 0 Å². The quantitative estimate of drug-likeness (QED) is 0.331. The molecule has 0 aliphatic heterocycles. The summed E-state index contributed by atoms with van der Waals surface area (Å²) in [5.41, 5.74) is 6.10. The van der Waals surface area contributed by atoms with Crippen LogP contribution in [0.4, 0.5) is 0 Å². The third-order valence-electron chi connectivity index (χ3n) is 5.19. The van der Waals surface area contributed by atoms with Gasteiger partial charge in [-0.05, 0) is 56.9 Å². The van der Waals surface area contributed by atoms with Crippen LogP contribution in [0.3, 0.4) is 0 Å². The fourth-order valence-electron chi connectivity index (χ4n) is 3.66. The van der Waals surface area contributed by atoms with Crippen LogP contribution in [0, 0.1) is 0 Å². The maximum atomic E-state index is 6.39. The number of H-pyrrole nitrogens is 1. The molecule has 32 heavy (non-hydrogen) atoms. The number of ether oxygens (including phenoxy) is 1. The van der Waals surface area contributed by atoms with E-state index < -0.39 is 0 Å². The number of aromatic nitrogens is 4. The minimum absolute atomic E-state index is 0.478. The molecule has 1 aromatic heterocycles. The van der Waals surface area contributed by atoms with E-state index in [2.05, 4.69) is 44.9 Å². The lowest BCUT2D eigenvalue weighted by Crippen LogP contribution is -1.97. The third-order valence-corrected chi connectivity index (χ3v) is 5.42. The Morgan fingerprint density at radius 3 is 2.31 bits per heavy atom. The van der Waals surface area contributed by atoms with Crippen LogP contribution in [0.1, 0.15) is 5.56 Å². The molecule has 1 heterocycles. The van der Waals surface area contributed by atoms with Crippen molar-refractivity contribution in [3.63, 3.8) is 0 Å². The topological polar surface area (TPSA) is 63.7 Å². The monoisotopic (exact) mass is 438 g/mol. The first-order chi connectivity index (χ1) is 15.8. The van der Waals surface area contributed by atoms with Crippen LogP contribution in [0.2, 0.25) is 5.02 Å². The number of nitrogens with one attached hydrogen (secondary N) is 1. The van der Waals surface area contributed by atoms with Crippen LogP contribution in [0.25, 0.3) is 33.6 Å². The zero-order valence-electron chi connectivity index (χ0n) is 17.1. The molecule has 1 N–H and O–H groups in total. The summed E-state index contributed by atoms with van der Waals surface area (Å²) in [6, 6.07) is 32.2. The van der Waals surface area contributed by atoms with Crippen LogP contribution in [-0.2, 0) is 6.61 Å². The fourth-order valence-corrected chi connectivity index (χ4v) is 3.83. The van der Waals surface area contributed by atoms with Gasteiger partial charge in [0.2, 0.25) is 0 Å². The number of tetrazole rings is 1. The Bertz CT molecular complexity index is 1340. The Labute approximate surface area is 190 Å². The van der Waals surface area contributed by atoms with Gasteiger partial charge >= 0.3 is 0 Å². The minimum atomic E-state index is 0.478. The van der Waals surface area contributed by atoms with Gasteiger partial charge in [-0.25, -0.2) is 5.10 Å². The van der Waals surface area contributed by atoms with E-state index in [1.807, 2.05) is 72.8 Å². The Morgan fingerprint density at radius 1 is 0.719 bits per heavy atom. The molecule has 5 nitrogen and oxygen atoms in total. The average molecular weight is 439 g/mol. The molecule has 0 fully saturated rings. The molecular formula is C26H19ClN4O. The summed E-state index contributed by atoms with van der Waals surface area (Å²) in [6.45, 7) is 0.478. The molecular weight excluding hydrogens is 420 g/mol. The van der Waals surface area contributed by atoms with Gasteiger partial charge in [0.05, 0.1) is 0 Å². The molecule has 5 aromatic rings. The fraction of sp³-hybridized carbons (Fsp3) is 0.0385. The molecule has 156 valence electrons. The van der Waals surface area contributed by atoms with Crippen LogP contribution < -0.4 is 4.74 Å². The first-order valence-corrected chi connectivity index (χ1v) is 10.6. The smallest absolute Gasteiger partial charge is 0.179 e. The highest BCUT2D eigenvalue weighted by atomic mass is 35.5. The van der Waals surface area contributed by atoms with Gasteiger partial charge in [-0.15, -0.1) is 5.10 Å². The molecule has 6 heteroatoms. The molecule has 0 atom stereocenters. The highest BCUT2D eigenvalue weighted by Crippen LogP contribution is 2.39. The van der Waals surface area contributed by atoms with Gasteiger partial charge in [-0.1, -0.05) is 84.4 Å². The maximum Gasteiger partial charge on any atom is 0.179 e. The van der Waals surface area contributed by atoms with Crippen molar-refractivity contribution in [3.05, 3.63) is 108 Å². The van der Waals surface area contributed by atoms with Crippen molar-refractivity contribution in [2.24, 2.45) is 0 Å². The van der Waals surface area contributed by atoms with E-state index in [1.165, 1.54) is 0 Å². The van der Waals surface area contributed by atoms with Gasteiger partial charge in [0.1, 0.15) is 12.4 Å². The number of halogens is 1. The molecule has 0 bridgehead atoms. The summed E-state index contributed by atoms with van der Waals surface area (Å²) >= 11 is 6.39. The maximum absolute atomic E-state index is 6.39. The first kappa shape index (κ1) is 20.0. The normalized spacial score (nSPS) is 10.8. The number of benzene rings is 4. The van der Waals surface area contributed by atoms with E-state index in [1.54, 1.807) is 0 Å². The molecule has 0 unspecified atom stereocenters. The van der Waals surface area contributed by atoms with Gasteiger partial charge in [0.25, 0.3) is 0 Å². The summed E-state index contributed by atoms with van der Waals surface area (Å²) in [5.74, 6) is 1.40. The predicted octanol–water partition coefficient (Wildman–Crippen LogP) is 6.43. The lowest BCUT2D eigenvalue weighted by atomic mass is 9.93. The second kappa shape index (κ2) is 9.04. The summed E-state index contributed by atoms with van der Waals surface area (Å²) in [6.07, 6.45) is 0. The number of aromatic amines is 1. The van der Waals surface area contributed by atoms with E-state index in [4.69, 9.17) is 16.3 Å². The zero-order chi connectivity index (χ0) is 21.8. The van der Waals surface area contributed by atoms with Crippen LogP contribution >= 0.6 is 11.6 Å². The summed E-state index contributed by atoms with van der Waals surface area (Å²) in [4.78, 5) is 0. The molecule has 0 spiro atoms. The highest BCUT2D eigenvalue weighted by molar-refractivity contribution is 6.31. The number of rotatable bonds is 6. The zero-order valence-corrected chi connectivity index (χ0v) is 17.8. The molecule has 4 aromatic carbocycles. The van der Waals surface area contributed by atoms with Crippen molar-refractivity contribution in [1.29, 1.82) is 0 Å². The van der Waals surface area contributed by atoms with Gasteiger partial charge < -0.3 is 4.74 Å². The van der Waals surface area contributed by atoms with E-state index in [0.29, 0.717) is 17.5 Å². The van der Waals surface area contributed by atoms with Crippen LogP contribution in [0.15, 0.2) is 97.1 Å². The van der Waals surface area contributed by atoms with Crippen molar-refractivity contribution >= 4 is 11.6 Å². The standard InChI is InChI=1S/C26H19ClN4O/c27-21-13-14-25(32-17-18-7-2-1-3-8-18)24(16-21)23-12-5-4-11-22(23)19-9-6-10-20(15-19)26-28-30-31-29-26/h1-16H,17H2,(H,28,29,30,31). The summed E-state index contributed by atoms with van der Waals surface area (Å²) in [5, 5.41) is 14.9. The lowest BCUT2D eigenvalue weighted by Gasteiger charge is -2.16.